The third-order valence-electron chi connectivity index (χ3n) is 6.62. The highest BCUT2D eigenvalue weighted by Crippen LogP contribution is 2.40. The Hall–Kier alpha value is -3.70. The second-order valence-corrected chi connectivity index (χ2v) is 10.5. The normalized spacial score (nSPS) is 18.8. The second kappa shape index (κ2) is 13.6. The van der Waals surface area contributed by atoms with Gasteiger partial charge in [-0.3, -0.25) is 5.10 Å². The van der Waals surface area contributed by atoms with Gasteiger partial charge in [-0.2, -0.15) is 5.10 Å². The Morgan fingerprint density at radius 1 is 1.00 bits per heavy atom. The van der Waals surface area contributed by atoms with E-state index in [1.807, 2.05) is 55.5 Å². The van der Waals surface area contributed by atoms with Crippen LogP contribution in [0.2, 0.25) is 0 Å². The van der Waals surface area contributed by atoms with Crippen LogP contribution >= 0.6 is 11.8 Å². The molecular formula is C30H33N5O4S. The number of amides is 2. The van der Waals surface area contributed by atoms with Gasteiger partial charge in [0.1, 0.15) is 6.33 Å². The number of aliphatic hydroxyl groups excluding tert-OH is 1. The first kappa shape index (κ1) is 27.9. The van der Waals surface area contributed by atoms with Gasteiger partial charge >= 0.3 is 6.03 Å². The molecule has 2 amide bonds. The van der Waals surface area contributed by atoms with Crippen LogP contribution in [-0.2, 0) is 22.6 Å². The van der Waals surface area contributed by atoms with E-state index in [4.69, 9.17) is 9.47 Å². The maximum atomic E-state index is 11.8. The second-order valence-electron chi connectivity index (χ2n) is 9.49. The van der Waals surface area contributed by atoms with Crippen molar-refractivity contribution in [3.63, 3.8) is 0 Å². The summed E-state index contributed by atoms with van der Waals surface area (Å²) < 4.78 is 13.0. The van der Waals surface area contributed by atoms with E-state index in [-0.39, 0.29) is 24.8 Å². The first-order chi connectivity index (χ1) is 19.6. The number of benzene rings is 3. The summed E-state index contributed by atoms with van der Waals surface area (Å²) in [5, 5.41) is 22.7. The van der Waals surface area contributed by atoms with Gasteiger partial charge in [-0.05, 0) is 46.9 Å². The molecule has 5 rings (SSSR count). The van der Waals surface area contributed by atoms with Crippen LogP contribution in [-0.4, -0.2) is 44.7 Å². The molecule has 1 aliphatic heterocycles. The van der Waals surface area contributed by atoms with Crippen molar-refractivity contribution in [1.82, 2.24) is 25.8 Å². The summed E-state index contributed by atoms with van der Waals surface area (Å²) in [6.07, 6.45) is 1.39. The standard InChI is InChI=1S/C30H33N5O4S/c1-2-31-29(37)32-16-21-5-3-6-23(13-21)24-7-4-8-25(14-24)28-38-26(18-40-30-33-19-34-35-30)15-27(39-28)22-11-9-20(17-36)10-12-22/h3-14,19,26-28,36H,2,15-18H2,1H3,(H2,31,32,37)(H,33,34,35)/t26-,27+,28+/m0/s1. The van der Waals surface area contributed by atoms with Crippen LogP contribution in [0.1, 0.15) is 48.0 Å². The molecule has 0 radical (unpaired) electrons. The van der Waals surface area contributed by atoms with E-state index in [0.717, 1.165) is 38.5 Å². The molecule has 1 fully saturated rings. The van der Waals surface area contributed by atoms with Crippen LogP contribution in [0, 0.1) is 0 Å². The van der Waals surface area contributed by atoms with E-state index in [1.54, 1.807) is 11.8 Å². The molecule has 4 N–H and O–H groups in total. The zero-order valence-corrected chi connectivity index (χ0v) is 23.1. The number of aliphatic hydroxyl groups is 1. The topological polar surface area (TPSA) is 121 Å². The molecule has 1 aromatic heterocycles. The van der Waals surface area contributed by atoms with Gasteiger partial charge in [0.25, 0.3) is 0 Å². The molecule has 0 aliphatic carbocycles. The van der Waals surface area contributed by atoms with Gasteiger partial charge < -0.3 is 25.2 Å². The first-order valence-corrected chi connectivity index (χ1v) is 14.3. The van der Waals surface area contributed by atoms with Gasteiger partial charge in [-0.25, -0.2) is 9.78 Å². The lowest BCUT2D eigenvalue weighted by molar-refractivity contribution is -0.245. The lowest BCUT2D eigenvalue weighted by Crippen LogP contribution is -2.34. The van der Waals surface area contributed by atoms with Crippen molar-refractivity contribution in [2.75, 3.05) is 12.3 Å². The van der Waals surface area contributed by atoms with Gasteiger partial charge in [0, 0.05) is 30.8 Å². The van der Waals surface area contributed by atoms with Crippen LogP contribution in [0.3, 0.4) is 0 Å². The van der Waals surface area contributed by atoms with E-state index in [2.05, 4.69) is 50.1 Å². The molecule has 3 aromatic carbocycles. The molecule has 1 aliphatic rings. The number of ether oxygens (including phenoxy) is 2. The van der Waals surface area contributed by atoms with E-state index in [1.165, 1.54) is 6.33 Å². The zero-order chi connectivity index (χ0) is 27.7. The molecule has 0 spiro atoms. The minimum atomic E-state index is -0.556. The maximum absolute atomic E-state index is 11.8. The molecule has 0 unspecified atom stereocenters. The number of rotatable bonds is 10. The molecule has 9 nitrogen and oxygen atoms in total. The number of hydrogen-bond donors (Lipinski definition) is 4. The number of carbonyl (C=O) groups excluding carboxylic acids is 1. The van der Waals surface area contributed by atoms with Gasteiger partial charge in [0.05, 0.1) is 18.8 Å². The predicted octanol–water partition coefficient (Wildman–Crippen LogP) is 5.12. The quantitative estimate of drug-likeness (QED) is 0.199. The monoisotopic (exact) mass is 559 g/mol. The number of nitrogens with zero attached hydrogens (tertiary/aromatic N) is 2. The zero-order valence-electron chi connectivity index (χ0n) is 22.2. The maximum Gasteiger partial charge on any atom is 0.315 e. The third-order valence-corrected chi connectivity index (χ3v) is 7.63. The average Bonchev–Trinajstić information content (AvgIpc) is 3.53. The van der Waals surface area contributed by atoms with Crippen molar-refractivity contribution in [2.24, 2.45) is 0 Å². The van der Waals surface area contributed by atoms with Crippen LogP contribution in [0.25, 0.3) is 11.1 Å². The molecule has 208 valence electrons. The largest absolute Gasteiger partial charge is 0.392 e. The molecule has 0 saturated carbocycles. The van der Waals surface area contributed by atoms with Gasteiger partial charge in [0.2, 0.25) is 0 Å². The third kappa shape index (κ3) is 7.28. The molecule has 4 aromatic rings. The number of carbonyl (C=O) groups is 1. The summed E-state index contributed by atoms with van der Waals surface area (Å²) in [7, 11) is 0. The number of H-pyrrole nitrogens is 1. The summed E-state index contributed by atoms with van der Waals surface area (Å²) in [5.74, 6) is 0.695. The first-order valence-electron chi connectivity index (χ1n) is 13.3. The summed E-state index contributed by atoms with van der Waals surface area (Å²) >= 11 is 1.57. The van der Waals surface area contributed by atoms with E-state index >= 15 is 0 Å². The molecule has 10 heteroatoms. The highest BCUT2D eigenvalue weighted by Gasteiger charge is 2.32. The smallest absolute Gasteiger partial charge is 0.315 e. The van der Waals surface area contributed by atoms with Crippen LogP contribution in [0.5, 0.6) is 0 Å². The minimum absolute atomic E-state index is 0.00395. The number of thioether (sulfide) groups is 1. The van der Waals surface area contributed by atoms with Gasteiger partial charge in [-0.15, -0.1) is 0 Å². The average molecular weight is 560 g/mol. The highest BCUT2D eigenvalue weighted by atomic mass is 32.2. The molecule has 0 bridgehead atoms. The molecule has 1 saturated heterocycles. The summed E-state index contributed by atoms with van der Waals surface area (Å²) in [6.45, 7) is 2.91. The van der Waals surface area contributed by atoms with Crippen LogP contribution < -0.4 is 10.6 Å². The number of aromatic amines is 1. The Labute approximate surface area is 237 Å². The van der Waals surface area contributed by atoms with Crippen LogP contribution in [0.4, 0.5) is 4.79 Å². The summed E-state index contributed by atoms with van der Waals surface area (Å²) in [5.41, 5.74) is 5.92. The number of aromatic nitrogens is 3. The molecule has 2 heterocycles. The Morgan fingerprint density at radius 3 is 2.55 bits per heavy atom. The summed E-state index contributed by atoms with van der Waals surface area (Å²) in [6, 6.07) is 24.0. The SMILES string of the molecule is CCNC(=O)NCc1cccc(-c2cccc([C@@H]3O[C@H](CSc4ncn[nH]4)C[C@H](c4ccc(CO)cc4)O3)c2)c1. The number of nitrogens with one attached hydrogen (secondary N) is 3. The minimum Gasteiger partial charge on any atom is -0.392 e. The fourth-order valence-corrected chi connectivity index (χ4v) is 5.39. The number of hydrogen-bond acceptors (Lipinski definition) is 7. The van der Waals surface area contributed by atoms with Crippen molar-refractivity contribution in [1.29, 1.82) is 0 Å². The van der Waals surface area contributed by atoms with Crippen molar-refractivity contribution in [3.8, 4) is 11.1 Å². The van der Waals surface area contributed by atoms with Crippen molar-refractivity contribution in [3.05, 3.63) is 101 Å². The Balaban J connectivity index is 1.35. The lowest BCUT2D eigenvalue weighted by Gasteiger charge is -2.36. The van der Waals surface area contributed by atoms with Gasteiger partial charge in [0.15, 0.2) is 11.4 Å². The van der Waals surface area contributed by atoms with Crippen molar-refractivity contribution in [2.45, 2.75) is 50.2 Å². The number of urea groups is 1. The fraction of sp³-hybridized carbons (Fsp3) is 0.300. The fourth-order valence-electron chi connectivity index (χ4n) is 4.59. The molecule has 40 heavy (non-hydrogen) atoms. The molecular weight excluding hydrogens is 526 g/mol. The lowest BCUT2D eigenvalue weighted by atomic mass is 9.99. The van der Waals surface area contributed by atoms with Gasteiger partial charge in [-0.1, -0.05) is 72.4 Å². The van der Waals surface area contributed by atoms with E-state index in [9.17, 15) is 9.90 Å². The summed E-state index contributed by atoms with van der Waals surface area (Å²) in [4.78, 5) is 16.0. The van der Waals surface area contributed by atoms with Crippen molar-refractivity contribution >= 4 is 17.8 Å². The Kier molecular flexibility index (Phi) is 9.46. The van der Waals surface area contributed by atoms with Crippen molar-refractivity contribution < 1.29 is 19.4 Å². The highest BCUT2D eigenvalue weighted by molar-refractivity contribution is 7.99. The van der Waals surface area contributed by atoms with E-state index in [0.29, 0.717) is 25.3 Å². The molecule has 3 atom stereocenters. The van der Waals surface area contributed by atoms with Crippen LogP contribution in [0.15, 0.2) is 84.3 Å². The Bertz CT molecular complexity index is 1380. The van der Waals surface area contributed by atoms with E-state index < -0.39 is 6.29 Å². The predicted molar refractivity (Wildman–Crippen MR) is 153 cm³/mol. The Morgan fingerprint density at radius 2 is 1.80 bits per heavy atom.